The van der Waals surface area contributed by atoms with E-state index in [2.05, 4.69) is 79.5 Å². The molecule has 2 heteroatoms. The van der Waals surface area contributed by atoms with Crippen LogP contribution in [0.5, 0.6) is 0 Å². The first-order chi connectivity index (χ1) is 12.2. The Morgan fingerprint density at radius 1 is 0.880 bits per heavy atom. The van der Waals surface area contributed by atoms with E-state index in [1.807, 2.05) is 0 Å². The Morgan fingerprint density at radius 2 is 1.32 bits per heavy atom. The van der Waals surface area contributed by atoms with Crippen LogP contribution in [0, 0.1) is 11.8 Å². The summed E-state index contributed by atoms with van der Waals surface area (Å²) in [6.07, 6.45) is 4.29. The molecule has 1 saturated heterocycles. The quantitative estimate of drug-likeness (QED) is 0.856. The molecule has 25 heavy (non-hydrogen) atoms. The fourth-order valence-corrected chi connectivity index (χ4v) is 5.70. The zero-order valence-electron chi connectivity index (χ0n) is 15.3. The molecule has 1 heterocycles. The monoisotopic (exact) mass is 335 g/mol. The van der Waals surface area contributed by atoms with Crippen molar-refractivity contribution in [2.75, 3.05) is 7.05 Å². The van der Waals surface area contributed by atoms with Crippen LogP contribution in [0.4, 0.5) is 0 Å². The second-order valence-corrected chi connectivity index (χ2v) is 7.87. The minimum absolute atomic E-state index is 0.271. The molecule has 0 amide bonds. The van der Waals surface area contributed by atoms with Crippen LogP contribution in [0.25, 0.3) is 0 Å². The molecule has 2 fully saturated rings. The average molecular weight is 335 g/mol. The van der Waals surface area contributed by atoms with Crippen LogP contribution in [0.1, 0.15) is 55.8 Å². The third-order valence-corrected chi connectivity index (χ3v) is 6.80. The topological polar surface area (TPSA) is 23.5 Å². The lowest BCUT2D eigenvalue weighted by atomic mass is 9.57. The molecule has 2 aromatic rings. The third-order valence-electron chi connectivity index (χ3n) is 6.80. The second kappa shape index (κ2) is 6.59. The number of piperidine rings is 1. The highest BCUT2D eigenvalue weighted by Crippen LogP contribution is 2.58. The first-order valence-corrected chi connectivity index (χ1v) is 9.71. The van der Waals surface area contributed by atoms with Gasteiger partial charge < -0.3 is 5.11 Å². The van der Waals surface area contributed by atoms with E-state index in [-0.39, 0.29) is 12.1 Å². The number of aliphatic hydroxyl groups is 1. The minimum atomic E-state index is -0.578. The Balaban J connectivity index is 1.85. The van der Waals surface area contributed by atoms with Crippen LogP contribution in [-0.4, -0.2) is 22.7 Å². The maximum atomic E-state index is 11.8. The van der Waals surface area contributed by atoms with Crippen molar-refractivity contribution in [3.63, 3.8) is 0 Å². The summed E-state index contributed by atoms with van der Waals surface area (Å²) in [4.78, 5) is 2.54. The number of fused-ring (bicyclic) bond motifs is 2. The molecular formula is C23H29NO. The number of hydrogen-bond acceptors (Lipinski definition) is 2. The van der Waals surface area contributed by atoms with E-state index in [0.717, 1.165) is 19.3 Å². The van der Waals surface area contributed by atoms with Crippen molar-refractivity contribution in [3.8, 4) is 0 Å². The predicted octanol–water partition coefficient (Wildman–Crippen LogP) is 4.97. The fourth-order valence-electron chi connectivity index (χ4n) is 5.70. The summed E-state index contributed by atoms with van der Waals surface area (Å²) in [6.45, 7) is 2.17. The minimum Gasteiger partial charge on any atom is -0.389 e. The van der Waals surface area contributed by atoms with Gasteiger partial charge in [-0.05, 0) is 37.4 Å². The zero-order valence-corrected chi connectivity index (χ0v) is 15.3. The number of rotatable bonds is 3. The van der Waals surface area contributed by atoms with Crippen molar-refractivity contribution in [2.45, 2.75) is 50.3 Å². The smallest absolute Gasteiger partial charge is 0.0737 e. The lowest BCUT2D eigenvalue weighted by molar-refractivity contribution is -0.188. The van der Waals surface area contributed by atoms with Gasteiger partial charge in [0, 0.05) is 23.9 Å². The maximum absolute atomic E-state index is 11.8. The number of hydrogen-bond donors (Lipinski definition) is 1. The standard InChI is InChI=1S/C23H29NO/c1-3-23(25)19-15-10-16-20(23)22(18-13-8-5-9-14-18)24(2)21(19)17-11-6-4-7-12-17/h4-9,11-14,19-22,25H,3,10,15-16H2,1-2H3. The van der Waals surface area contributed by atoms with Gasteiger partial charge in [-0.3, -0.25) is 4.90 Å². The predicted molar refractivity (Wildman–Crippen MR) is 102 cm³/mol. The third kappa shape index (κ3) is 2.63. The Hall–Kier alpha value is -1.64. The molecule has 1 aliphatic carbocycles. The molecule has 1 aliphatic heterocycles. The summed E-state index contributed by atoms with van der Waals surface area (Å²) in [5.41, 5.74) is 2.09. The largest absolute Gasteiger partial charge is 0.389 e. The van der Waals surface area contributed by atoms with Gasteiger partial charge in [-0.25, -0.2) is 0 Å². The zero-order chi connectivity index (χ0) is 17.4. The molecule has 0 radical (unpaired) electrons. The first-order valence-electron chi connectivity index (χ1n) is 9.71. The van der Waals surface area contributed by atoms with E-state index < -0.39 is 5.60 Å². The van der Waals surface area contributed by atoms with E-state index in [4.69, 9.17) is 0 Å². The molecule has 4 atom stereocenters. The van der Waals surface area contributed by atoms with Crippen LogP contribution in [0.2, 0.25) is 0 Å². The highest BCUT2D eigenvalue weighted by atomic mass is 16.3. The second-order valence-electron chi connectivity index (χ2n) is 7.87. The molecule has 2 bridgehead atoms. The van der Waals surface area contributed by atoms with Gasteiger partial charge in [0.2, 0.25) is 0 Å². The van der Waals surface area contributed by atoms with Crippen LogP contribution >= 0.6 is 0 Å². The van der Waals surface area contributed by atoms with Gasteiger partial charge in [-0.15, -0.1) is 0 Å². The summed E-state index contributed by atoms with van der Waals surface area (Å²) >= 11 is 0. The molecule has 132 valence electrons. The van der Waals surface area contributed by atoms with Crippen molar-refractivity contribution in [3.05, 3.63) is 71.8 Å². The van der Waals surface area contributed by atoms with Gasteiger partial charge in [0.1, 0.15) is 0 Å². The van der Waals surface area contributed by atoms with Crippen molar-refractivity contribution in [1.29, 1.82) is 0 Å². The Labute approximate surface area is 151 Å². The van der Waals surface area contributed by atoms with Gasteiger partial charge >= 0.3 is 0 Å². The number of nitrogens with zero attached hydrogens (tertiary/aromatic N) is 1. The summed E-state index contributed by atoms with van der Waals surface area (Å²) in [5, 5.41) is 11.8. The summed E-state index contributed by atoms with van der Waals surface area (Å²) < 4.78 is 0. The van der Waals surface area contributed by atoms with Gasteiger partial charge in [0.15, 0.2) is 0 Å². The maximum Gasteiger partial charge on any atom is 0.0737 e. The molecule has 2 nitrogen and oxygen atoms in total. The van der Waals surface area contributed by atoms with E-state index in [9.17, 15) is 5.11 Å². The van der Waals surface area contributed by atoms with Gasteiger partial charge in [-0.2, -0.15) is 0 Å². The number of benzene rings is 2. The molecule has 0 spiro atoms. The summed E-state index contributed by atoms with van der Waals surface area (Å²) in [5.74, 6) is 0.618. The Morgan fingerprint density at radius 3 is 1.72 bits per heavy atom. The molecule has 1 saturated carbocycles. The van der Waals surface area contributed by atoms with E-state index in [1.165, 1.54) is 17.5 Å². The molecule has 0 aromatic heterocycles. The molecule has 4 unspecified atom stereocenters. The summed E-state index contributed by atoms with van der Waals surface area (Å²) in [6, 6.07) is 22.1. The molecule has 2 aliphatic rings. The highest BCUT2D eigenvalue weighted by Gasteiger charge is 2.57. The molecular weight excluding hydrogens is 306 g/mol. The van der Waals surface area contributed by atoms with Crippen molar-refractivity contribution in [1.82, 2.24) is 4.90 Å². The molecule has 2 aromatic carbocycles. The van der Waals surface area contributed by atoms with E-state index >= 15 is 0 Å². The van der Waals surface area contributed by atoms with Gasteiger partial charge in [0.05, 0.1) is 5.60 Å². The molecule has 1 N–H and O–H groups in total. The fraction of sp³-hybridized carbons (Fsp3) is 0.478. The van der Waals surface area contributed by atoms with Gasteiger partial charge in [0.25, 0.3) is 0 Å². The van der Waals surface area contributed by atoms with Crippen LogP contribution in [0.15, 0.2) is 60.7 Å². The number of likely N-dealkylation sites (tertiary alicyclic amines) is 1. The van der Waals surface area contributed by atoms with E-state index in [1.54, 1.807) is 0 Å². The average Bonchev–Trinajstić information content (AvgIpc) is 2.65. The lowest BCUT2D eigenvalue weighted by Crippen LogP contribution is -2.61. The van der Waals surface area contributed by atoms with Crippen LogP contribution < -0.4 is 0 Å². The van der Waals surface area contributed by atoms with Crippen LogP contribution in [-0.2, 0) is 0 Å². The van der Waals surface area contributed by atoms with E-state index in [0.29, 0.717) is 11.8 Å². The Kier molecular flexibility index (Phi) is 4.43. The highest BCUT2D eigenvalue weighted by molar-refractivity contribution is 5.29. The van der Waals surface area contributed by atoms with Crippen molar-refractivity contribution in [2.24, 2.45) is 11.8 Å². The first kappa shape index (κ1) is 16.8. The summed E-state index contributed by atoms with van der Waals surface area (Å²) in [7, 11) is 2.26. The van der Waals surface area contributed by atoms with Crippen molar-refractivity contribution < 1.29 is 5.11 Å². The van der Waals surface area contributed by atoms with Crippen molar-refractivity contribution >= 4 is 0 Å². The van der Waals surface area contributed by atoms with Crippen LogP contribution in [0.3, 0.4) is 0 Å². The Bertz CT molecular complexity index is 643. The lowest BCUT2D eigenvalue weighted by Gasteiger charge is -2.60. The molecule has 4 rings (SSSR count). The van der Waals surface area contributed by atoms with Gasteiger partial charge in [-0.1, -0.05) is 74.0 Å². The normalized spacial score (nSPS) is 35.5. The SMILES string of the molecule is CCC1(O)C2CCCC1C(c1ccccc1)N(C)C2c1ccccc1.